The van der Waals surface area contributed by atoms with Crippen LogP contribution in [0.5, 0.6) is 0 Å². The zero-order valence-electron chi connectivity index (χ0n) is 13.6. The van der Waals surface area contributed by atoms with Gasteiger partial charge in [-0.25, -0.2) is 13.2 Å². The molecular weight excluding hydrogens is 360 g/mol. The van der Waals surface area contributed by atoms with Crippen molar-refractivity contribution in [2.75, 3.05) is 21.3 Å². The summed E-state index contributed by atoms with van der Waals surface area (Å²) in [5, 5.41) is 0.511. The number of rotatable bonds is 2. The Bertz CT molecular complexity index is 943. The second-order valence-electron chi connectivity index (χ2n) is 6.55. The van der Waals surface area contributed by atoms with E-state index in [4.69, 9.17) is 11.6 Å². The van der Waals surface area contributed by atoms with Crippen molar-refractivity contribution in [3.8, 4) is 0 Å². The molecule has 2 fully saturated rings. The largest absolute Gasteiger partial charge is 0.329 e. The van der Waals surface area contributed by atoms with Crippen LogP contribution in [0.1, 0.15) is 5.56 Å². The van der Waals surface area contributed by atoms with Gasteiger partial charge >= 0.3 is 6.03 Å². The Labute approximate surface area is 151 Å². The normalized spacial score (nSPS) is 24.6. The van der Waals surface area contributed by atoms with Gasteiger partial charge in [-0.2, -0.15) is 0 Å². The Morgan fingerprint density at radius 3 is 2.16 bits per heavy atom. The summed E-state index contributed by atoms with van der Waals surface area (Å²) >= 11 is 6.07. The van der Waals surface area contributed by atoms with E-state index in [1.54, 1.807) is 34.1 Å². The zero-order valence-corrected chi connectivity index (χ0v) is 15.2. The molecule has 25 heavy (non-hydrogen) atoms. The van der Waals surface area contributed by atoms with Crippen LogP contribution in [0.3, 0.4) is 0 Å². The molecule has 7 heteroatoms. The van der Waals surface area contributed by atoms with Crippen molar-refractivity contribution in [1.82, 2.24) is 0 Å². The predicted molar refractivity (Wildman–Crippen MR) is 99.2 cm³/mol. The molecule has 2 aliphatic rings. The summed E-state index contributed by atoms with van der Waals surface area (Å²) in [7, 11) is -3.20. The molecule has 2 saturated heterocycles. The summed E-state index contributed by atoms with van der Waals surface area (Å²) in [5.41, 5.74) is 2.42. The first-order chi connectivity index (χ1) is 11.9. The molecule has 0 aromatic heterocycles. The van der Waals surface area contributed by atoms with Gasteiger partial charge in [-0.1, -0.05) is 35.4 Å². The van der Waals surface area contributed by atoms with E-state index < -0.39 is 15.9 Å². The highest BCUT2D eigenvalue weighted by Crippen LogP contribution is 2.38. The average Bonchev–Trinajstić information content (AvgIpc) is 2.97. The van der Waals surface area contributed by atoms with Crippen molar-refractivity contribution in [3.05, 3.63) is 59.1 Å². The fourth-order valence-electron chi connectivity index (χ4n) is 3.64. The van der Waals surface area contributed by atoms with Crippen LogP contribution in [0.2, 0.25) is 5.02 Å². The molecule has 2 aromatic carbocycles. The maximum atomic E-state index is 13.1. The van der Waals surface area contributed by atoms with Crippen molar-refractivity contribution in [1.29, 1.82) is 0 Å². The van der Waals surface area contributed by atoms with Crippen LogP contribution in [0, 0.1) is 6.92 Å². The first-order valence-corrected chi connectivity index (χ1v) is 10.2. The van der Waals surface area contributed by atoms with E-state index in [0.717, 1.165) is 5.56 Å². The number of anilines is 2. The van der Waals surface area contributed by atoms with Gasteiger partial charge in [-0.15, -0.1) is 0 Å². The summed E-state index contributed by atoms with van der Waals surface area (Å²) in [4.78, 5) is 16.3. The van der Waals surface area contributed by atoms with Gasteiger partial charge in [-0.05, 0) is 37.3 Å². The fourth-order valence-corrected chi connectivity index (χ4v) is 5.74. The van der Waals surface area contributed by atoms with Crippen molar-refractivity contribution in [2.24, 2.45) is 0 Å². The molecule has 130 valence electrons. The van der Waals surface area contributed by atoms with Gasteiger partial charge in [-0.3, -0.25) is 9.80 Å². The highest BCUT2D eigenvalue weighted by atomic mass is 35.5. The molecule has 0 saturated carbocycles. The molecule has 2 heterocycles. The number of nitrogens with zero attached hydrogens (tertiary/aromatic N) is 2. The lowest BCUT2D eigenvalue weighted by atomic mass is 10.1. The minimum absolute atomic E-state index is 0.0195. The van der Waals surface area contributed by atoms with Crippen molar-refractivity contribution in [3.63, 3.8) is 0 Å². The number of amides is 2. The molecular formula is C18H17ClN2O3S. The van der Waals surface area contributed by atoms with E-state index in [1.165, 1.54) is 0 Å². The number of halogens is 1. The van der Waals surface area contributed by atoms with Crippen molar-refractivity contribution in [2.45, 2.75) is 19.0 Å². The number of hydrogen-bond donors (Lipinski definition) is 0. The van der Waals surface area contributed by atoms with Gasteiger partial charge in [0.2, 0.25) is 0 Å². The van der Waals surface area contributed by atoms with Crippen molar-refractivity contribution >= 4 is 38.8 Å². The molecule has 2 atom stereocenters. The molecule has 0 spiro atoms. The second-order valence-corrected chi connectivity index (χ2v) is 9.14. The lowest BCUT2D eigenvalue weighted by molar-refractivity contribution is 0.255. The monoisotopic (exact) mass is 376 g/mol. The summed E-state index contributed by atoms with van der Waals surface area (Å²) in [6, 6.07) is 13.5. The Morgan fingerprint density at radius 2 is 1.56 bits per heavy atom. The number of aryl methyl sites for hydroxylation is 1. The third kappa shape index (κ3) is 2.79. The van der Waals surface area contributed by atoms with Gasteiger partial charge in [0, 0.05) is 16.4 Å². The molecule has 0 N–H and O–H groups in total. The molecule has 0 bridgehead atoms. The highest BCUT2D eigenvalue weighted by molar-refractivity contribution is 7.91. The minimum atomic E-state index is -3.20. The summed E-state index contributed by atoms with van der Waals surface area (Å²) in [6.45, 7) is 1.97. The smallest absolute Gasteiger partial charge is 0.288 e. The van der Waals surface area contributed by atoms with Crippen LogP contribution >= 0.6 is 11.6 Å². The summed E-state index contributed by atoms with van der Waals surface area (Å²) < 4.78 is 24.5. The number of carbonyl (C=O) groups excluding carboxylic acids is 1. The zero-order chi connectivity index (χ0) is 17.8. The molecule has 0 radical (unpaired) electrons. The topological polar surface area (TPSA) is 57.7 Å². The maximum absolute atomic E-state index is 13.1. The third-order valence-electron chi connectivity index (χ3n) is 4.77. The molecule has 0 unspecified atom stereocenters. The summed E-state index contributed by atoms with van der Waals surface area (Å²) in [6.07, 6.45) is 0. The predicted octanol–water partition coefficient (Wildman–Crippen LogP) is 3.26. The molecule has 2 aromatic rings. The van der Waals surface area contributed by atoms with Crippen LogP contribution < -0.4 is 9.80 Å². The lowest BCUT2D eigenvalue weighted by Gasteiger charge is -2.23. The fraction of sp³-hybridized carbons (Fsp3) is 0.278. The van der Waals surface area contributed by atoms with Crippen LogP contribution in [0.25, 0.3) is 0 Å². The molecule has 4 rings (SSSR count). The van der Waals surface area contributed by atoms with Crippen LogP contribution in [0.15, 0.2) is 48.5 Å². The van der Waals surface area contributed by atoms with E-state index in [9.17, 15) is 13.2 Å². The Balaban J connectivity index is 1.81. The number of hydrogen-bond acceptors (Lipinski definition) is 3. The molecule has 5 nitrogen and oxygen atoms in total. The number of carbonyl (C=O) groups is 1. The van der Waals surface area contributed by atoms with Gasteiger partial charge in [0.05, 0.1) is 23.6 Å². The van der Waals surface area contributed by atoms with E-state index in [1.807, 2.05) is 31.2 Å². The van der Waals surface area contributed by atoms with Gasteiger partial charge in [0.25, 0.3) is 0 Å². The number of benzene rings is 2. The first-order valence-electron chi connectivity index (χ1n) is 8.01. The number of urea groups is 1. The highest BCUT2D eigenvalue weighted by Gasteiger charge is 2.54. The van der Waals surface area contributed by atoms with Crippen LogP contribution in [-0.2, 0) is 9.84 Å². The van der Waals surface area contributed by atoms with E-state index in [2.05, 4.69) is 0 Å². The van der Waals surface area contributed by atoms with E-state index in [-0.39, 0.29) is 23.6 Å². The standard InChI is InChI=1S/C18H17ClN2O3S/c1-12-5-7-14(8-6-12)20-16-10-25(23,24)11-17(16)21(18(20)22)15-4-2-3-13(19)9-15/h2-9,16-17H,10-11H2,1H3/t16-,17-/m1/s1. The van der Waals surface area contributed by atoms with Crippen LogP contribution in [-0.4, -0.2) is 38.0 Å². The third-order valence-corrected chi connectivity index (χ3v) is 6.70. The van der Waals surface area contributed by atoms with Crippen LogP contribution in [0.4, 0.5) is 16.2 Å². The van der Waals surface area contributed by atoms with Crippen molar-refractivity contribution < 1.29 is 13.2 Å². The molecule has 0 aliphatic carbocycles. The Morgan fingerprint density at radius 1 is 0.960 bits per heavy atom. The maximum Gasteiger partial charge on any atom is 0.329 e. The van der Waals surface area contributed by atoms with Gasteiger partial charge in [0.1, 0.15) is 0 Å². The minimum Gasteiger partial charge on any atom is -0.288 e. The SMILES string of the molecule is Cc1ccc(N2C(=O)N(c3cccc(Cl)c3)[C@@H]3CS(=O)(=O)C[C@H]32)cc1. The van der Waals surface area contributed by atoms with Gasteiger partial charge < -0.3 is 0 Å². The van der Waals surface area contributed by atoms with E-state index in [0.29, 0.717) is 16.4 Å². The molecule has 2 amide bonds. The number of sulfone groups is 1. The molecule has 2 aliphatic heterocycles. The second kappa shape index (κ2) is 5.75. The Hall–Kier alpha value is -2.05. The summed E-state index contributed by atoms with van der Waals surface area (Å²) in [5.74, 6) is -0.0490. The lowest BCUT2D eigenvalue weighted by Crippen LogP contribution is -2.37. The average molecular weight is 377 g/mol. The first kappa shape index (κ1) is 16.4. The van der Waals surface area contributed by atoms with Gasteiger partial charge in [0.15, 0.2) is 9.84 Å². The number of fused-ring (bicyclic) bond motifs is 1. The van der Waals surface area contributed by atoms with E-state index >= 15 is 0 Å². The Kier molecular flexibility index (Phi) is 3.77. The quantitative estimate of drug-likeness (QED) is 0.756.